The van der Waals surface area contributed by atoms with Crippen molar-refractivity contribution < 1.29 is 4.79 Å². The van der Waals surface area contributed by atoms with Crippen LogP contribution in [0.25, 0.3) is 0 Å². The Kier molecular flexibility index (Phi) is 5.12. The van der Waals surface area contributed by atoms with Crippen LogP contribution >= 0.6 is 0 Å². The predicted octanol–water partition coefficient (Wildman–Crippen LogP) is 3.13. The number of amides is 1. The quantitative estimate of drug-likeness (QED) is 0.915. The molecule has 2 rings (SSSR count). The first-order valence-electron chi connectivity index (χ1n) is 7.27. The van der Waals surface area contributed by atoms with Crippen molar-refractivity contribution in [2.24, 2.45) is 5.73 Å². The van der Waals surface area contributed by atoms with Gasteiger partial charge in [-0.15, -0.1) is 0 Å². The molecule has 0 saturated carbocycles. The molecule has 110 valence electrons. The minimum absolute atomic E-state index is 0.108. The third kappa shape index (κ3) is 3.92. The van der Waals surface area contributed by atoms with Crippen LogP contribution in [0.1, 0.15) is 25.0 Å². The molecule has 0 fully saturated rings. The number of nitrogens with two attached hydrogens (primary N) is 1. The van der Waals surface area contributed by atoms with Crippen LogP contribution in [0.3, 0.4) is 0 Å². The van der Waals surface area contributed by atoms with Crippen LogP contribution in [0.4, 0.5) is 5.69 Å². The third-order valence-electron chi connectivity index (χ3n) is 3.43. The first-order chi connectivity index (χ1) is 10.1. The summed E-state index contributed by atoms with van der Waals surface area (Å²) in [5.74, 6) is 0.108. The second-order valence-corrected chi connectivity index (χ2v) is 5.39. The molecule has 2 N–H and O–H groups in total. The number of carbonyl (C=O) groups is 1. The van der Waals surface area contributed by atoms with Gasteiger partial charge in [0.15, 0.2) is 0 Å². The highest BCUT2D eigenvalue weighted by atomic mass is 16.2. The third-order valence-corrected chi connectivity index (χ3v) is 3.43. The van der Waals surface area contributed by atoms with Gasteiger partial charge in [-0.2, -0.15) is 0 Å². The van der Waals surface area contributed by atoms with Crippen molar-refractivity contribution in [3.63, 3.8) is 0 Å². The molecular formula is C18H22N2O. The van der Waals surface area contributed by atoms with Gasteiger partial charge in [0.2, 0.25) is 5.91 Å². The Labute approximate surface area is 126 Å². The van der Waals surface area contributed by atoms with E-state index in [1.54, 1.807) is 0 Å². The van der Waals surface area contributed by atoms with Crippen LogP contribution in [0, 0.1) is 0 Å². The summed E-state index contributed by atoms with van der Waals surface area (Å²) < 4.78 is 0. The summed E-state index contributed by atoms with van der Waals surface area (Å²) in [6.45, 7) is 4.57. The van der Waals surface area contributed by atoms with Gasteiger partial charge in [-0.05, 0) is 37.1 Å². The number of rotatable bonds is 5. The van der Waals surface area contributed by atoms with Gasteiger partial charge in [-0.3, -0.25) is 4.79 Å². The lowest BCUT2D eigenvalue weighted by Gasteiger charge is -2.27. The summed E-state index contributed by atoms with van der Waals surface area (Å²) in [6.07, 6.45) is 0.414. The maximum absolute atomic E-state index is 12.6. The Morgan fingerprint density at radius 3 is 2.14 bits per heavy atom. The van der Waals surface area contributed by atoms with E-state index in [-0.39, 0.29) is 11.9 Å². The monoisotopic (exact) mass is 282 g/mol. The zero-order chi connectivity index (χ0) is 15.2. The molecule has 0 radical (unpaired) electrons. The maximum atomic E-state index is 12.6. The van der Waals surface area contributed by atoms with Crippen LogP contribution in [0.2, 0.25) is 0 Å². The molecule has 0 bridgehead atoms. The Balaban J connectivity index is 2.19. The maximum Gasteiger partial charge on any atom is 0.231 e. The van der Waals surface area contributed by atoms with Crippen molar-refractivity contribution in [3.8, 4) is 0 Å². The summed E-state index contributed by atoms with van der Waals surface area (Å²) >= 11 is 0. The first-order valence-corrected chi connectivity index (χ1v) is 7.27. The number of hydrogen-bond donors (Lipinski definition) is 1. The molecule has 0 atom stereocenters. The molecule has 0 aliphatic heterocycles. The average Bonchev–Trinajstić information content (AvgIpc) is 2.49. The van der Waals surface area contributed by atoms with Crippen molar-refractivity contribution in [1.82, 2.24) is 0 Å². The zero-order valence-corrected chi connectivity index (χ0v) is 12.6. The van der Waals surface area contributed by atoms with Gasteiger partial charge in [0.1, 0.15) is 0 Å². The summed E-state index contributed by atoms with van der Waals surface area (Å²) in [7, 11) is 0. The van der Waals surface area contributed by atoms with Crippen molar-refractivity contribution in [2.45, 2.75) is 32.9 Å². The molecule has 1 amide bonds. The Morgan fingerprint density at radius 1 is 1.00 bits per heavy atom. The van der Waals surface area contributed by atoms with Crippen molar-refractivity contribution >= 4 is 11.6 Å². The van der Waals surface area contributed by atoms with Gasteiger partial charge in [-0.1, -0.05) is 42.5 Å². The number of anilines is 1. The van der Waals surface area contributed by atoms with Gasteiger partial charge in [-0.25, -0.2) is 0 Å². The lowest BCUT2D eigenvalue weighted by Crippen LogP contribution is -2.38. The molecule has 0 heterocycles. The van der Waals surface area contributed by atoms with E-state index in [9.17, 15) is 4.79 Å². The van der Waals surface area contributed by atoms with Crippen LogP contribution < -0.4 is 10.6 Å². The SMILES string of the molecule is CC(C)N(C(=O)Cc1ccccc1)c1ccc(CN)cc1. The fraction of sp³-hybridized carbons (Fsp3) is 0.278. The van der Waals surface area contributed by atoms with Crippen LogP contribution in [0.15, 0.2) is 54.6 Å². The van der Waals surface area contributed by atoms with Gasteiger partial charge >= 0.3 is 0 Å². The van der Waals surface area contributed by atoms with Gasteiger partial charge < -0.3 is 10.6 Å². The minimum atomic E-state index is 0.108. The lowest BCUT2D eigenvalue weighted by molar-refractivity contribution is -0.118. The van der Waals surface area contributed by atoms with Gasteiger partial charge in [0.05, 0.1) is 6.42 Å². The molecule has 0 unspecified atom stereocenters. The van der Waals surface area contributed by atoms with E-state index in [0.29, 0.717) is 13.0 Å². The Hall–Kier alpha value is -2.13. The first kappa shape index (κ1) is 15.3. The molecule has 2 aromatic carbocycles. The van der Waals surface area contributed by atoms with E-state index in [2.05, 4.69) is 0 Å². The van der Waals surface area contributed by atoms with Crippen LogP contribution in [-0.4, -0.2) is 11.9 Å². The summed E-state index contributed by atoms with van der Waals surface area (Å²) in [4.78, 5) is 14.5. The Bertz CT molecular complexity index is 576. The predicted molar refractivity (Wildman–Crippen MR) is 87.1 cm³/mol. The highest BCUT2D eigenvalue weighted by Gasteiger charge is 2.19. The average molecular weight is 282 g/mol. The number of hydrogen-bond acceptors (Lipinski definition) is 2. The summed E-state index contributed by atoms with van der Waals surface area (Å²) in [6, 6.07) is 17.8. The van der Waals surface area contributed by atoms with E-state index in [0.717, 1.165) is 16.8 Å². The van der Waals surface area contributed by atoms with Crippen LogP contribution in [-0.2, 0) is 17.8 Å². The summed E-state index contributed by atoms with van der Waals surface area (Å²) in [5.41, 5.74) is 8.64. The molecular weight excluding hydrogens is 260 g/mol. The minimum Gasteiger partial charge on any atom is -0.326 e. The molecule has 0 aliphatic rings. The molecule has 0 aliphatic carbocycles. The number of carbonyl (C=O) groups excluding carboxylic acids is 1. The number of nitrogens with zero attached hydrogens (tertiary/aromatic N) is 1. The molecule has 2 aromatic rings. The van der Waals surface area contributed by atoms with E-state index >= 15 is 0 Å². The number of benzene rings is 2. The second-order valence-electron chi connectivity index (χ2n) is 5.39. The largest absolute Gasteiger partial charge is 0.326 e. The standard InChI is InChI=1S/C18H22N2O/c1-14(2)20(17-10-8-16(13-19)9-11-17)18(21)12-15-6-4-3-5-7-15/h3-11,14H,12-13,19H2,1-2H3. The topological polar surface area (TPSA) is 46.3 Å². The smallest absolute Gasteiger partial charge is 0.231 e. The van der Waals surface area contributed by atoms with E-state index in [1.807, 2.05) is 73.3 Å². The summed E-state index contributed by atoms with van der Waals surface area (Å²) in [5, 5.41) is 0. The molecule has 3 nitrogen and oxygen atoms in total. The lowest BCUT2D eigenvalue weighted by atomic mass is 10.1. The van der Waals surface area contributed by atoms with Gasteiger partial charge in [0, 0.05) is 18.3 Å². The molecule has 21 heavy (non-hydrogen) atoms. The van der Waals surface area contributed by atoms with Crippen molar-refractivity contribution in [3.05, 3.63) is 65.7 Å². The highest BCUT2D eigenvalue weighted by molar-refractivity contribution is 5.95. The molecule has 3 heteroatoms. The zero-order valence-electron chi connectivity index (χ0n) is 12.6. The molecule has 0 saturated heterocycles. The van der Waals surface area contributed by atoms with Gasteiger partial charge in [0.25, 0.3) is 0 Å². The van der Waals surface area contributed by atoms with Crippen molar-refractivity contribution in [2.75, 3.05) is 4.90 Å². The fourth-order valence-corrected chi connectivity index (χ4v) is 2.38. The Morgan fingerprint density at radius 2 is 1.62 bits per heavy atom. The highest BCUT2D eigenvalue weighted by Crippen LogP contribution is 2.19. The van der Waals surface area contributed by atoms with E-state index in [1.165, 1.54) is 0 Å². The fourth-order valence-electron chi connectivity index (χ4n) is 2.38. The normalized spacial score (nSPS) is 10.7. The van der Waals surface area contributed by atoms with Crippen LogP contribution in [0.5, 0.6) is 0 Å². The molecule has 0 aromatic heterocycles. The van der Waals surface area contributed by atoms with E-state index < -0.39 is 0 Å². The molecule has 0 spiro atoms. The second kappa shape index (κ2) is 7.04. The van der Waals surface area contributed by atoms with Crippen molar-refractivity contribution in [1.29, 1.82) is 0 Å². The van der Waals surface area contributed by atoms with E-state index in [4.69, 9.17) is 5.73 Å².